The molecule has 0 aliphatic rings. The predicted octanol–water partition coefficient (Wildman–Crippen LogP) is 4.35. The molecule has 21 heavy (non-hydrogen) atoms. The Morgan fingerprint density at radius 3 is 2.48 bits per heavy atom. The minimum atomic E-state index is -3.63. The topological polar surface area (TPSA) is 46.2 Å². The number of thiophene rings is 1. The van der Waals surface area contributed by atoms with Gasteiger partial charge in [0.2, 0.25) is 10.0 Å². The number of rotatable bonds is 6. The third kappa shape index (κ3) is 4.69. The molecule has 0 saturated carbocycles. The van der Waals surface area contributed by atoms with E-state index in [9.17, 15) is 8.42 Å². The van der Waals surface area contributed by atoms with Gasteiger partial charge in [-0.3, -0.25) is 0 Å². The summed E-state index contributed by atoms with van der Waals surface area (Å²) in [6, 6.07) is 11.1. The molecule has 1 N–H and O–H groups in total. The summed E-state index contributed by atoms with van der Waals surface area (Å²) in [6.45, 7) is 1.84. The molecule has 1 unspecified atom stereocenters. The van der Waals surface area contributed by atoms with E-state index in [0.717, 1.165) is 17.8 Å². The van der Waals surface area contributed by atoms with Crippen LogP contribution in [0.1, 0.15) is 18.9 Å². The predicted molar refractivity (Wildman–Crippen MR) is 88.9 cm³/mol. The van der Waals surface area contributed by atoms with Gasteiger partial charge in [0, 0.05) is 6.04 Å². The molecule has 114 valence electrons. The van der Waals surface area contributed by atoms with Crippen LogP contribution >= 0.6 is 34.5 Å². The molecule has 1 heterocycles. The second kappa shape index (κ2) is 7.11. The second-order valence-electron chi connectivity index (χ2n) is 4.74. The van der Waals surface area contributed by atoms with Gasteiger partial charge >= 0.3 is 0 Å². The first kappa shape index (κ1) is 16.8. The van der Waals surface area contributed by atoms with Crippen molar-refractivity contribution in [1.29, 1.82) is 0 Å². The molecular formula is C14H15Cl2NO2S2. The van der Waals surface area contributed by atoms with E-state index in [1.54, 1.807) is 0 Å². The summed E-state index contributed by atoms with van der Waals surface area (Å²) in [5.41, 5.74) is 1.18. The zero-order chi connectivity index (χ0) is 15.5. The Labute approximate surface area is 139 Å². The van der Waals surface area contributed by atoms with Gasteiger partial charge in [-0.2, -0.15) is 0 Å². The largest absolute Gasteiger partial charge is 0.243 e. The molecule has 1 aromatic carbocycles. The Balaban J connectivity index is 1.98. The van der Waals surface area contributed by atoms with Crippen LogP contribution in [0.4, 0.5) is 0 Å². The van der Waals surface area contributed by atoms with Crippen molar-refractivity contribution >= 4 is 44.6 Å². The maximum absolute atomic E-state index is 12.2. The third-order valence-corrected chi connectivity index (χ3v) is 6.32. The number of sulfonamides is 1. The lowest BCUT2D eigenvalue weighted by atomic mass is 10.1. The molecule has 2 rings (SSSR count). The van der Waals surface area contributed by atoms with E-state index >= 15 is 0 Å². The summed E-state index contributed by atoms with van der Waals surface area (Å²) in [7, 11) is -3.63. The van der Waals surface area contributed by atoms with E-state index in [4.69, 9.17) is 23.2 Å². The van der Waals surface area contributed by atoms with E-state index in [1.807, 2.05) is 37.3 Å². The first-order chi connectivity index (χ1) is 9.88. The van der Waals surface area contributed by atoms with Gasteiger partial charge in [0.15, 0.2) is 0 Å². The molecule has 7 heteroatoms. The average Bonchev–Trinajstić information content (AvgIpc) is 2.77. The normalized spacial score (nSPS) is 13.3. The van der Waals surface area contributed by atoms with Crippen LogP contribution in [0, 0.1) is 0 Å². The van der Waals surface area contributed by atoms with Gasteiger partial charge in [-0.1, -0.05) is 53.5 Å². The van der Waals surface area contributed by atoms with Crippen LogP contribution in [0.15, 0.2) is 41.3 Å². The molecule has 0 amide bonds. The third-order valence-electron chi connectivity index (χ3n) is 2.98. The zero-order valence-corrected chi connectivity index (χ0v) is 14.5. The van der Waals surface area contributed by atoms with E-state index in [2.05, 4.69) is 4.72 Å². The molecule has 0 spiro atoms. The van der Waals surface area contributed by atoms with E-state index in [0.29, 0.717) is 10.8 Å². The fourth-order valence-corrected chi connectivity index (χ4v) is 5.35. The molecule has 3 nitrogen and oxygen atoms in total. The van der Waals surface area contributed by atoms with Gasteiger partial charge < -0.3 is 0 Å². The number of hydrogen-bond donors (Lipinski definition) is 1. The van der Waals surface area contributed by atoms with Crippen LogP contribution in [0.5, 0.6) is 0 Å². The molecule has 0 aliphatic heterocycles. The summed E-state index contributed by atoms with van der Waals surface area (Å²) in [4.78, 5) is 0.0470. The number of halogens is 2. The zero-order valence-electron chi connectivity index (χ0n) is 11.3. The van der Waals surface area contributed by atoms with Gasteiger partial charge in [-0.05, 0) is 31.4 Å². The molecule has 0 fully saturated rings. The highest BCUT2D eigenvalue weighted by Gasteiger charge is 2.22. The second-order valence-corrected chi connectivity index (χ2v) is 8.70. The van der Waals surface area contributed by atoms with Crippen molar-refractivity contribution < 1.29 is 8.42 Å². The maximum atomic E-state index is 12.2. The lowest BCUT2D eigenvalue weighted by Crippen LogP contribution is -2.32. The summed E-state index contributed by atoms with van der Waals surface area (Å²) in [5.74, 6) is 0. The minimum Gasteiger partial charge on any atom is -0.208 e. The van der Waals surface area contributed by atoms with Crippen LogP contribution in [0.3, 0.4) is 0 Å². The highest BCUT2D eigenvalue weighted by molar-refractivity contribution is 7.89. The quantitative estimate of drug-likeness (QED) is 0.828. The number of nitrogens with one attached hydrogen (secondary N) is 1. The van der Waals surface area contributed by atoms with Crippen LogP contribution < -0.4 is 4.72 Å². The van der Waals surface area contributed by atoms with Gasteiger partial charge in [0.25, 0.3) is 0 Å². The van der Waals surface area contributed by atoms with E-state index in [-0.39, 0.29) is 15.3 Å². The van der Waals surface area contributed by atoms with Gasteiger partial charge in [-0.15, -0.1) is 11.3 Å². The van der Waals surface area contributed by atoms with Gasteiger partial charge in [0.1, 0.15) is 9.23 Å². The number of aryl methyl sites for hydroxylation is 1. The van der Waals surface area contributed by atoms with Crippen molar-refractivity contribution in [2.24, 2.45) is 0 Å². The summed E-state index contributed by atoms with van der Waals surface area (Å²) in [5, 5.41) is 0. The SMILES string of the molecule is CC(CCc1ccccc1)NS(=O)(=O)c1cc(Cl)sc1Cl. The summed E-state index contributed by atoms with van der Waals surface area (Å²) in [6.07, 6.45) is 1.52. The van der Waals surface area contributed by atoms with E-state index < -0.39 is 10.0 Å². The summed E-state index contributed by atoms with van der Waals surface area (Å²) < 4.78 is 27.7. The Hall–Kier alpha value is -0.590. The average molecular weight is 364 g/mol. The maximum Gasteiger partial charge on any atom is 0.243 e. The Morgan fingerprint density at radius 2 is 1.90 bits per heavy atom. The van der Waals surface area contributed by atoms with Crippen molar-refractivity contribution in [2.45, 2.75) is 30.7 Å². The molecule has 0 radical (unpaired) electrons. The Kier molecular flexibility index (Phi) is 5.68. The van der Waals surface area contributed by atoms with Crippen LogP contribution in [0.2, 0.25) is 8.67 Å². The molecule has 0 bridgehead atoms. The summed E-state index contributed by atoms with van der Waals surface area (Å²) >= 11 is 12.7. The van der Waals surface area contributed by atoms with Gasteiger partial charge in [-0.25, -0.2) is 13.1 Å². The molecule has 1 atom stereocenters. The lowest BCUT2D eigenvalue weighted by molar-refractivity contribution is 0.547. The number of hydrogen-bond acceptors (Lipinski definition) is 3. The van der Waals surface area contributed by atoms with Crippen molar-refractivity contribution in [1.82, 2.24) is 4.72 Å². The van der Waals surface area contributed by atoms with Crippen molar-refractivity contribution in [3.8, 4) is 0 Å². The van der Waals surface area contributed by atoms with Crippen molar-refractivity contribution in [3.63, 3.8) is 0 Å². The standard InChI is InChI=1S/C14H15Cl2NO2S2/c1-10(7-8-11-5-3-2-4-6-11)17-21(18,19)12-9-13(15)20-14(12)16/h2-6,9-10,17H,7-8H2,1H3. The van der Waals surface area contributed by atoms with Crippen LogP contribution in [0.25, 0.3) is 0 Å². The molecular weight excluding hydrogens is 349 g/mol. The van der Waals surface area contributed by atoms with Gasteiger partial charge in [0.05, 0.1) is 4.34 Å². The lowest BCUT2D eigenvalue weighted by Gasteiger charge is -2.13. The highest BCUT2D eigenvalue weighted by atomic mass is 35.5. The number of benzene rings is 1. The molecule has 2 aromatic rings. The highest BCUT2D eigenvalue weighted by Crippen LogP contribution is 2.34. The molecule has 1 aromatic heterocycles. The molecule has 0 aliphatic carbocycles. The smallest absolute Gasteiger partial charge is 0.208 e. The van der Waals surface area contributed by atoms with Crippen molar-refractivity contribution in [2.75, 3.05) is 0 Å². The molecule has 0 saturated heterocycles. The minimum absolute atomic E-state index is 0.0470. The van der Waals surface area contributed by atoms with Crippen LogP contribution in [-0.4, -0.2) is 14.5 Å². The first-order valence-electron chi connectivity index (χ1n) is 6.39. The Morgan fingerprint density at radius 1 is 1.24 bits per heavy atom. The monoisotopic (exact) mass is 363 g/mol. The van der Waals surface area contributed by atoms with E-state index in [1.165, 1.54) is 11.6 Å². The Bertz CT molecular complexity index is 699. The fraction of sp³-hybridized carbons (Fsp3) is 0.286. The first-order valence-corrected chi connectivity index (χ1v) is 9.45. The van der Waals surface area contributed by atoms with Crippen LogP contribution in [-0.2, 0) is 16.4 Å². The fourth-order valence-electron chi connectivity index (χ4n) is 1.92. The van der Waals surface area contributed by atoms with Crippen molar-refractivity contribution in [3.05, 3.63) is 50.6 Å².